The smallest absolute Gasteiger partial charge is 0.0772 e. The van der Waals surface area contributed by atoms with Crippen LogP contribution >= 0.6 is 24.2 Å². The Bertz CT molecular complexity index is 397. The normalized spacial score (nSPS) is 15.4. The molecule has 1 aromatic rings. The number of hydrogen-bond donors (Lipinski definition) is 1. The van der Waals surface area contributed by atoms with E-state index >= 15 is 0 Å². The summed E-state index contributed by atoms with van der Waals surface area (Å²) in [5, 5.41) is 0.675. The van der Waals surface area contributed by atoms with E-state index in [0.29, 0.717) is 18.1 Å². The van der Waals surface area contributed by atoms with E-state index < -0.39 is 0 Å². The first-order valence-electron chi connectivity index (χ1n) is 5.07. The summed E-state index contributed by atoms with van der Waals surface area (Å²) in [6.45, 7) is 2.95. The summed E-state index contributed by atoms with van der Waals surface area (Å²) >= 11 is 10.5. The van der Waals surface area contributed by atoms with Gasteiger partial charge in [-0.2, -0.15) is 6.41 Å². The van der Waals surface area contributed by atoms with Crippen LogP contribution in [0.25, 0.3) is 0 Å². The van der Waals surface area contributed by atoms with Gasteiger partial charge in [0.2, 0.25) is 0 Å². The number of hydrogen-bond acceptors (Lipinski definition) is 3. The number of anilines is 1. The SMILES string of the molecule is O=[C-]N1CCN(c2cccc(S)c2Cl)CC1.[Fm]. The average Bonchev–Trinajstić information content (AvgIpc) is 2.33. The van der Waals surface area contributed by atoms with Gasteiger partial charge >= 0.3 is 0 Å². The Kier molecular flexibility index (Phi) is 4.24. The minimum absolute atomic E-state index is 0. The summed E-state index contributed by atoms with van der Waals surface area (Å²) in [5.41, 5.74) is 0.986. The van der Waals surface area contributed by atoms with Crippen molar-refractivity contribution in [1.29, 1.82) is 0 Å². The van der Waals surface area contributed by atoms with Crippen LogP contribution in [-0.2, 0) is 4.79 Å². The Morgan fingerprint density at radius 3 is 2.47 bits per heavy atom. The molecule has 1 aliphatic rings. The van der Waals surface area contributed by atoms with Gasteiger partial charge < -0.3 is 14.6 Å². The van der Waals surface area contributed by atoms with Gasteiger partial charge in [-0.25, -0.2) is 0 Å². The zero-order valence-electron chi connectivity index (χ0n) is 8.98. The summed E-state index contributed by atoms with van der Waals surface area (Å²) in [5.74, 6) is 0. The third kappa shape index (κ3) is 2.63. The van der Waals surface area contributed by atoms with Gasteiger partial charge in [0.05, 0.1) is 10.7 Å². The third-order valence-electron chi connectivity index (χ3n) is 2.71. The first kappa shape index (κ1) is 13.2. The standard InChI is InChI=1S/C11H12ClN2OS.Fm/c12-11-9(2-1-3-10(11)16)14-6-4-13(8-15)5-7-14;/h1-3,16H,4-7H2;/q-1;. The molecule has 0 spiro atoms. The molecule has 0 unspecified atom stereocenters. The predicted molar refractivity (Wildman–Crippen MR) is 68.2 cm³/mol. The second kappa shape index (κ2) is 5.46. The van der Waals surface area contributed by atoms with E-state index in [-0.39, 0.29) is 0 Å². The van der Waals surface area contributed by atoms with E-state index in [2.05, 4.69) is 17.5 Å². The molecule has 0 N–H and O–H groups in total. The van der Waals surface area contributed by atoms with E-state index in [9.17, 15) is 4.79 Å². The Balaban J connectivity index is 0.00000144. The number of carbonyl (C=O) groups excluding carboxylic acids is 1. The van der Waals surface area contributed by atoms with Crippen molar-refractivity contribution >= 4 is 36.3 Å². The summed E-state index contributed by atoms with van der Waals surface area (Å²) in [6, 6.07) is 5.77. The molecule has 2 rings (SSSR count). The first-order valence-corrected chi connectivity index (χ1v) is 5.90. The van der Waals surface area contributed by atoms with E-state index in [1.54, 1.807) is 4.90 Å². The fourth-order valence-electron chi connectivity index (χ4n) is 1.79. The number of piperazine rings is 1. The number of nitrogens with zero attached hydrogens (tertiary/aromatic N) is 2. The van der Waals surface area contributed by atoms with Gasteiger partial charge in [-0.1, -0.05) is 17.7 Å². The van der Waals surface area contributed by atoms with Crippen molar-refractivity contribution in [2.24, 2.45) is 0 Å². The quantitative estimate of drug-likeness (QED) is 0.483. The second-order valence-electron chi connectivity index (χ2n) is 3.68. The van der Waals surface area contributed by atoms with E-state index in [4.69, 9.17) is 11.6 Å². The van der Waals surface area contributed by atoms with Gasteiger partial charge in [0.1, 0.15) is 0 Å². The number of rotatable bonds is 2. The summed E-state index contributed by atoms with van der Waals surface area (Å²) < 4.78 is 0. The maximum absolute atomic E-state index is 10.5. The minimum Gasteiger partial charge on any atom is -0.520 e. The molecule has 0 bridgehead atoms. The molecule has 0 aromatic heterocycles. The predicted octanol–water partition coefficient (Wildman–Crippen LogP) is 1.82. The van der Waals surface area contributed by atoms with Crippen molar-refractivity contribution < 1.29 is 4.79 Å². The van der Waals surface area contributed by atoms with Crippen LogP contribution in [0.2, 0.25) is 5.02 Å². The zero-order valence-corrected chi connectivity index (χ0v) is 13.0. The van der Waals surface area contributed by atoms with Crippen molar-refractivity contribution in [3.63, 3.8) is 0 Å². The van der Waals surface area contributed by atoms with Crippen LogP contribution in [0.3, 0.4) is 0 Å². The van der Waals surface area contributed by atoms with Crippen LogP contribution in [-0.4, -0.2) is 37.5 Å². The molecule has 3 nitrogen and oxygen atoms in total. The molecule has 0 aliphatic carbocycles. The van der Waals surface area contributed by atoms with Gasteiger partial charge in [0.15, 0.2) is 0 Å². The Morgan fingerprint density at radius 2 is 1.88 bits per heavy atom. The Morgan fingerprint density at radius 1 is 1.24 bits per heavy atom. The number of amides is 1. The minimum atomic E-state index is 0. The van der Waals surface area contributed by atoms with Crippen LogP contribution in [0.1, 0.15) is 0 Å². The first-order chi connectivity index (χ1) is 7.72. The Labute approximate surface area is 105 Å². The van der Waals surface area contributed by atoms with Gasteiger partial charge in [-0.05, 0) is 12.1 Å². The molecule has 1 heterocycles. The topological polar surface area (TPSA) is 23.6 Å². The fourth-order valence-corrected chi connectivity index (χ4v) is 2.24. The number of halogens is 1. The summed E-state index contributed by atoms with van der Waals surface area (Å²) in [4.78, 5) is 15.1. The molecular weight excluding hydrogens is 501 g/mol. The van der Waals surface area contributed by atoms with Gasteiger partial charge in [-0.3, -0.25) is 0 Å². The molecule has 0 saturated carbocycles. The number of benzene rings is 1. The molecular formula is C11H12ClFmN2OS-. The van der Waals surface area contributed by atoms with Crippen LogP contribution in [0.4, 0.5) is 5.69 Å². The summed E-state index contributed by atoms with van der Waals surface area (Å²) in [7, 11) is 0. The molecule has 1 amide bonds. The van der Waals surface area contributed by atoms with E-state index in [1.165, 1.54) is 0 Å². The van der Waals surface area contributed by atoms with Crippen molar-refractivity contribution in [2.75, 3.05) is 31.1 Å². The average molecular weight is 513 g/mol. The Hall–Kier alpha value is -1.87. The van der Waals surface area contributed by atoms with E-state index in [1.807, 2.05) is 24.6 Å². The monoisotopic (exact) mass is 512 g/mol. The maximum Gasteiger partial charge on any atom is 0.0772 e. The molecule has 1 fully saturated rings. The van der Waals surface area contributed by atoms with Crippen molar-refractivity contribution in [3.05, 3.63) is 23.2 Å². The molecule has 0 atom stereocenters. The molecule has 6 heteroatoms. The zero-order chi connectivity index (χ0) is 11.5. The third-order valence-corrected chi connectivity index (χ3v) is 3.61. The fraction of sp³-hybridized carbons (Fsp3) is 0.364. The van der Waals surface area contributed by atoms with E-state index in [0.717, 1.165) is 23.7 Å². The molecule has 1 aromatic carbocycles. The van der Waals surface area contributed by atoms with Crippen molar-refractivity contribution in [1.82, 2.24) is 4.90 Å². The van der Waals surface area contributed by atoms with Crippen molar-refractivity contribution in [2.45, 2.75) is 4.90 Å². The maximum atomic E-state index is 10.5. The van der Waals surface area contributed by atoms with Gasteiger partial charge in [0, 0.05) is 31.1 Å². The van der Waals surface area contributed by atoms with Gasteiger partial charge in [0.25, 0.3) is 0 Å². The molecule has 1 aliphatic heterocycles. The number of thiol groups is 1. The van der Waals surface area contributed by atoms with Crippen molar-refractivity contribution in [3.8, 4) is 0 Å². The molecule has 0 radical (unpaired) electrons. The van der Waals surface area contributed by atoms with Crippen LogP contribution in [0.5, 0.6) is 0 Å². The van der Waals surface area contributed by atoms with Crippen LogP contribution in [0, 0.1) is 0 Å². The molecule has 17 heavy (non-hydrogen) atoms. The van der Waals surface area contributed by atoms with Gasteiger partial charge in [-0.15, -0.1) is 12.6 Å². The molecule has 98 valence electrons. The summed E-state index contributed by atoms with van der Waals surface area (Å²) in [6.07, 6.45) is 1.91. The largest absolute Gasteiger partial charge is 0.520 e. The van der Waals surface area contributed by atoms with Crippen LogP contribution < -0.4 is 4.90 Å². The second-order valence-corrected chi connectivity index (χ2v) is 4.54. The van der Waals surface area contributed by atoms with Crippen LogP contribution in [0.15, 0.2) is 23.1 Å². The molecule has 1 saturated heterocycles.